The van der Waals surface area contributed by atoms with E-state index in [1.165, 1.54) is 25.0 Å². The summed E-state index contributed by atoms with van der Waals surface area (Å²) >= 11 is 0. The molecular formula is C32H27N2O6P. The molecule has 0 saturated heterocycles. The Labute approximate surface area is 237 Å². The summed E-state index contributed by atoms with van der Waals surface area (Å²) in [5.41, 5.74) is 4.25. The second kappa shape index (κ2) is 13.2. The molecule has 0 bridgehead atoms. The molecule has 0 aliphatic heterocycles. The van der Waals surface area contributed by atoms with Gasteiger partial charge in [-0.15, -0.1) is 0 Å². The first-order valence-corrected chi connectivity index (χ1v) is 14.4. The van der Waals surface area contributed by atoms with E-state index in [0.717, 1.165) is 15.9 Å². The molecule has 4 aromatic rings. The van der Waals surface area contributed by atoms with Gasteiger partial charge in [0.05, 0.1) is 7.11 Å². The Morgan fingerprint density at radius 2 is 1.05 bits per heavy atom. The summed E-state index contributed by atoms with van der Waals surface area (Å²) in [7, 11) is 1.49. The number of aliphatic hydroxyl groups excluding tert-OH is 1. The summed E-state index contributed by atoms with van der Waals surface area (Å²) in [5, 5.41) is 12.8. The third kappa shape index (κ3) is 6.69. The van der Waals surface area contributed by atoms with Gasteiger partial charge in [0.15, 0.2) is 0 Å². The molecule has 206 valence electrons. The van der Waals surface area contributed by atoms with Crippen LogP contribution in [0.1, 0.15) is 5.56 Å². The largest absolute Gasteiger partial charge is 0.507 e. The molecule has 0 heterocycles. The van der Waals surface area contributed by atoms with Gasteiger partial charge in [-0.25, -0.2) is 0 Å². The van der Waals surface area contributed by atoms with Crippen LogP contribution >= 0.6 is 6.89 Å². The van der Waals surface area contributed by atoms with Gasteiger partial charge in [-0.2, -0.15) is 0 Å². The van der Waals surface area contributed by atoms with E-state index < -0.39 is 36.0 Å². The molecule has 0 aliphatic rings. The van der Waals surface area contributed by atoms with Gasteiger partial charge in [0, 0.05) is 17.4 Å². The predicted molar refractivity (Wildman–Crippen MR) is 161 cm³/mol. The average molecular weight is 567 g/mol. The van der Waals surface area contributed by atoms with Crippen LogP contribution in [0.15, 0.2) is 121 Å². The number of amides is 2. The van der Waals surface area contributed by atoms with Crippen molar-refractivity contribution in [2.75, 3.05) is 7.11 Å². The summed E-state index contributed by atoms with van der Waals surface area (Å²) in [6.45, 7) is -2.76. The number of hydrogen-bond acceptors (Lipinski definition) is 6. The number of carbonyl (C=O) groups excluding carboxylic acids is 4. The third-order valence-corrected chi connectivity index (χ3v) is 10.2. The molecule has 0 saturated carbocycles. The van der Waals surface area contributed by atoms with Crippen LogP contribution in [0, 0.1) is 0 Å². The van der Waals surface area contributed by atoms with Gasteiger partial charge < -0.3 is 9.84 Å². The van der Waals surface area contributed by atoms with Gasteiger partial charge in [0.2, 0.25) is 11.6 Å². The fraction of sp³-hybridized carbons (Fsp3) is 0.0312. The van der Waals surface area contributed by atoms with Crippen LogP contribution in [0.2, 0.25) is 0 Å². The standard InChI is InChI=1S/C32H27N2O6P/c1-40-24-19-17-23(18-20-24)28(35)21-29(36)31(38)33-34-32(39)30(37)22-41(25-11-5-2-6-12-25,26-13-7-3-8-14-26)27-15-9-4-10-16-27/h2-22,35H,1H3,(H,33,38)(H,34,39)/b28-21-. The molecule has 3 N–H and O–H groups in total. The molecule has 0 atom stereocenters. The number of rotatable bonds is 9. The molecule has 4 rings (SSSR count). The van der Waals surface area contributed by atoms with Crippen LogP contribution in [0.3, 0.4) is 0 Å². The van der Waals surface area contributed by atoms with Crippen molar-refractivity contribution in [2.45, 2.75) is 0 Å². The SMILES string of the molecule is COc1ccc(/C(O)=C/C(=O)C(=O)NNC(=O)C(=O)C=P(c2ccccc2)(c2ccccc2)c2ccccc2)cc1. The fourth-order valence-electron chi connectivity index (χ4n) is 4.17. The number of aliphatic hydroxyl groups is 1. The second-order valence-corrected chi connectivity index (χ2v) is 12.0. The van der Waals surface area contributed by atoms with Crippen molar-refractivity contribution >= 4 is 57.7 Å². The topological polar surface area (TPSA) is 122 Å². The maximum atomic E-state index is 13.3. The van der Waals surface area contributed by atoms with Crippen LogP contribution in [0.5, 0.6) is 5.75 Å². The number of Topliss-reactive ketones (excluding diaryl/α,β-unsaturated/α-hetero) is 1. The van der Waals surface area contributed by atoms with Crippen molar-refractivity contribution in [3.63, 3.8) is 0 Å². The van der Waals surface area contributed by atoms with E-state index in [2.05, 4.69) is 0 Å². The van der Waals surface area contributed by atoms with E-state index in [9.17, 15) is 24.3 Å². The van der Waals surface area contributed by atoms with Crippen LogP contribution in [0.25, 0.3) is 5.76 Å². The number of ketones is 2. The van der Waals surface area contributed by atoms with Crippen molar-refractivity contribution in [1.29, 1.82) is 0 Å². The first-order chi connectivity index (χ1) is 19.8. The first-order valence-electron chi connectivity index (χ1n) is 12.5. The summed E-state index contributed by atoms with van der Waals surface area (Å²) < 4.78 is 5.05. The second-order valence-electron chi connectivity index (χ2n) is 8.75. The highest BCUT2D eigenvalue weighted by Gasteiger charge is 2.28. The normalized spacial score (nSPS) is 11.2. The Bertz CT molecular complexity index is 1530. The zero-order chi connectivity index (χ0) is 29.2. The van der Waals surface area contributed by atoms with E-state index in [1.54, 1.807) is 12.1 Å². The van der Waals surface area contributed by atoms with Crippen LogP contribution < -0.4 is 31.5 Å². The number of hydrogen-bond donors (Lipinski definition) is 3. The molecule has 0 radical (unpaired) electrons. The minimum absolute atomic E-state index is 0.281. The van der Waals surface area contributed by atoms with E-state index >= 15 is 0 Å². The quantitative estimate of drug-likeness (QED) is 0.0942. The molecular weight excluding hydrogens is 539 g/mol. The summed E-state index contributed by atoms with van der Waals surface area (Å²) in [5.74, 6) is -2.87. The van der Waals surface area contributed by atoms with Gasteiger partial charge in [-0.05, 0) is 47.1 Å². The molecule has 2 amide bonds. The number of benzene rings is 4. The molecule has 41 heavy (non-hydrogen) atoms. The van der Waals surface area contributed by atoms with Crippen molar-refractivity contribution in [1.82, 2.24) is 10.9 Å². The predicted octanol–water partition coefficient (Wildman–Crippen LogP) is 2.68. The van der Waals surface area contributed by atoms with E-state index in [0.29, 0.717) is 11.8 Å². The molecule has 9 heteroatoms. The minimum atomic E-state index is -2.76. The van der Waals surface area contributed by atoms with E-state index in [1.807, 2.05) is 102 Å². The lowest BCUT2D eigenvalue weighted by molar-refractivity contribution is -0.139. The number of methoxy groups -OCH3 is 1. The Kier molecular flexibility index (Phi) is 9.30. The van der Waals surface area contributed by atoms with Gasteiger partial charge in [-0.3, -0.25) is 30.0 Å². The lowest BCUT2D eigenvalue weighted by Crippen LogP contribution is -2.47. The van der Waals surface area contributed by atoms with Crippen molar-refractivity contribution < 1.29 is 29.0 Å². The van der Waals surface area contributed by atoms with E-state index in [-0.39, 0.29) is 5.56 Å². The minimum Gasteiger partial charge on any atom is -0.507 e. The number of ether oxygens (including phenoxy) is 1. The van der Waals surface area contributed by atoms with Crippen molar-refractivity contribution in [2.24, 2.45) is 0 Å². The molecule has 8 nitrogen and oxygen atoms in total. The molecule has 4 aromatic carbocycles. The highest BCUT2D eigenvalue weighted by Crippen LogP contribution is 2.43. The number of nitrogens with one attached hydrogen (secondary N) is 2. The molecule has 0 fully saturated rings. The smallest absolute Gasteiger partial charge is 0.310 e. The Morgan fingerprint density at radius 1 is 0.634 bits per heavy atom. The number of carbonyl (C=O) groups is 4. The third-order valence-electron chi connectivity index (χ3n) is 6.19. The van der Waals surface area contributed by atoms with Crippen molar-refractivity contribution in [3.05, 3.63) is 127 Å². The summed E-state index contributed by atoms with van der Waals surface area (Å²) in [6.07, 6.45) is 0.716. The molecule has 0 spiro atoms. The zero-order valence-corrected chi connectivity index (χ0v) is 23.0. The summed E-state index contributed by atoms with van der Waals surface area (Å²) in [4.78, 5) is 50.8. The van der Waals surface area contributed by atoms with Crippen LogP contribution in [-0.2, 0) is 19.2 Å². The van der Waals surface area contributed by atoms with Crippen LogP contribution in [0.4, 0.5) is 0 Å². The lowest BCUT2D eigenvalue weighted by atomic mass is 10.1. The first kappa shape index (κ1) is 28.8. The fourth-order valence-corrected chi connectivity index (χ4v) is 7.90. The number of hydrazine groups is 1. The molecule has 0 aromatic heterocycles. The van der Waals surface area contributed by atoms with Gasteiger partial charge in [0.1, 0.15) is 11.5 Å². The highest BCUT2D eigenvalue weighted by molar-refractivity contribution is 7.95. The van der Waals surface area contributed by atoms with Gasteiger partial charge in [0.25, 0.3) is 0 Å². The monoisotopic (exact) mass is 566 g/mol. The maximum absolute atomic E-state index is 13.3. The Morgan fingerprint density at radius 3 is 1.46 bits per heavy atom. The molecule has 0 unspecified atom stereocenters. The highest BCUT2D eigenvalue weighted by atomic mass is 31.2. The van der Waals surface area contributed by atoms with Crippen molar-refractivity contribution in [3.8, 4) is 5.75 Å². The zero-order valence-electron chi connectivity index (χ0n) is 22.1. The Balaban J connectivity index is 1.59. The maximum Gasteiger partial charge on any atom is 0.310 e. The van der Waals surface area contributed by atoms with E-state index in [4.69, 9.17) is 4.74 Å². The Hall–Kier alpha value is -5.20. The van der Waals surface area contributed by atoms with Gasteiger partial charge >= 0.3 is 11.8 Å². The lowest BCUT2D eigenvalue weighted by Gasteiger charge is -2.28. The molecule has 0 aliphatic carbocycles. The average Bonchev–Trinajstić information content (AvgIpc) is 3.03. The summed E-state index contributed by atoms with van der Waals surface area (Å²) in [6, 6.07) is 34.5. The van der Waals surface area contributed by atoms with Crippen LogP contribution in [-0.4, -0.2) is 41.4 Å². The van der Waals surface area contributed by atoms with Gasteiger partial charge in [-0.1, -0.05) is 91.0 Å².